The van der Waals surface area contributed by atoms with Crippen LogP contribution in [-0.4, -0.2) is 45.7 Å². The van der Waals surface area contributed by atoms with Gasteiger partial charge in [-0.15, -0.1) is 0 Å². The topological polar surface area (TPSA) is 94.2 Å². The number of piperidine rings is 1. The van der Waals surface area contributed by atoms with E-state index in [9.17, 15) is 14.4 Å². The smallest absolute Gasteiger partial charge is 0.307 e. The van der Waals surface area contributed by atoms with Crippen LogP contribution >= 0.6 is 0 Å². The van der Waals surface area contributed by atoms with Crippen molar-refractivity contribution >= 4 is 23.5 Å². The number of methoxy groups -OCH3 is 3. The predicted octanol–water partition coefficient (Wildman–Crippen LogP) is 3.25. The summed E-state index contributed by atoms with van der Waals surface area (Å²) >= 11 is 0. The molecule has 8 nitrogen and oxygen atoms in total. The second-order valence-electron chi connectivity index (χ2n) is 7.47. The number of esters is 1. The Hall–Kier alpha value is -3.55. The zero-order chi connectivity index (χ0) is 23.1. The normalized spacial score (nSPS) is 14.5. The Morgan fingerprint density at radius 2 is 1.72 bits per heavy atom. The Morgan fingerprint density at radius 1 is 1.00 bits per heavy atom. The van der Waals surface area contributed by atoms with Crippen molar-refractivity contribution in [1.29, 1.82) is 0 Å². The Balaban J connectivity index is 1.79. The van der Waals surface area contributed by atoms with Crippen molar-refractivity contribution in [3.8, 4) is 11.5 Å². The van der Waals surface area contributed by atoms with Crippen LogP contribution in [0.3, 0.4) is 0 Å². The van der Waals surface area contributed by atoms with E-state index in [1.54, 1.807) is 47.4 Å². The van der Waals surface area contributed by atoms with Crippen molar-refractivity contribution < 1.29 is 28.6 Å². The van der Waals surface area contributed by atoms with Crippen LogP contribution < -0.4 is 19.7 Å². The van der Waals surface area contributed by atoms with Crippen LogP contribution in [0.2, 0.25) is 0 Å². The van der Waals surface area contributed by atoms with Gasteiger partial charge in [0, 0.05) is 24.2 Å². The zero-order valence-electron chi connectivity index (χ0n) is 18.6. The van der Waals surface area contributed by atoms with Gasteiger partial charge >= 0.3 is 5.97 Å². The first-order valence-electron chi connectivity index (χ1n) is 10.5. The van der Waals surface area contributed by atoms with Gasteiger partial charge in [0.15, 0.2) is 11.5 Å². The third kappa shape index (κ3) is 5.38. The highest BCUT2D eigenvalue weighted by Crippen LogP contribution is 2.31. The van der Waals surface area contributed by atoms with Crippen molar-refractivity contribution in [2.45, 2.75) is 31.7 Å². The number of hydrogen-bond acceptors (Lipinski definition) is 6. The van der Waals surface area contributed by atoms with E-state index in [2.05, 4.69) is 5.32 Å². The van der Waals surface area contributed by atoms with Crippen molar-refractivity contribution in [3.05, 3.63) is 53.6 Å². The average Bonchev–Trinajstić information content (AvgIpc) is 2.83. The van der Waals surface area contributed by atoms with E-state index in [4.69, 9.17) is 14.2 Å². The van der Waals surface area contributed by atoms with Crippen LogP contribution in [-0.2, 0) is 14.3 Å². The Bertz CT molecular complexity index is 973. The van der Waals surface area contributed by atoms with Crippen LogP contribution in [0.5, 0.6) is 11.5 Å². The molecule has 0 aliphatic carbocycles. The van der Waals surface area contributed by atoms with E-state index in [1.807, 2.05) is 0 Å². The van der Waals surface area contributed by atoms with Crippen molar-refractivity contribution in [2.24, 2.45) is 0 Å². The molecule has 2 aromatic rings. The molecule has 1 fully saturated rings. The van der Waals surface area contributed by atoms with Crippen molar-refractivity contribution in [1.82, 2.24) is 5.32 Å². The van der Waals surface area contributed by atoms with Crippen LogP contribution in [0.25, 0.3) is 0 Å². The van der Waals surface area contributed by atoms with Gasteiger partial charge in [0.1, 0.15) is 0 Å². The molecular weight excluding hydrogens is 412 g/mol. The highest BCUT2D eigenvalue weighted by molar-refractivity contribution is 5.97. The van der Waals surface area contributed by atoms with Gasteiger partial charge < -0.3 is 24.4 Å². The fraction of sp³-hybridized carbons (Fsp3) is 0.375. The molecule has 8 heteroatoms. The summed E-state index contributed by atoms with van der Waals surface area (Å²) < 4.78 is 15.4. The van der Waals surface area contributed by atoms with E-state index < -0.39 is 12.0 Å². The second-order valence-corrected chi connectivity index (χ2v) is 7.47. The summed E-state index contributed by atoms with van der Waals surface area (Å²) in [6.45, 7) is 0.685. The third-order valence-electron chi connectivity index (χ3n) is 5.48. The fourth-order valence-electron chi connectivity index (χ4n) is 3.68. The highest BCUT2D eigenvalue weighted by atomic mass is 16.5. The number of carbonyl (C=O) groups excluding carboxylic acids is 3. The lowest BCUT2D eigenvalue weighted by atomic mass is 10.0. The lowest BCUT2D eigenvalue weighted by Gasteiger charge is -2.27. The molecule has 1 unspecified atom stereocenters. The largest absolute Gasteiger partial charge is 0.493 e. The first kappa shape index (κ1) is 23.1. The minimum Gasteiger partial charge on any atom is -0.493 e. The summed E-state index contributed by atoms with van der Waals surface area (Å²) in [4.78, 5) is 38.8. The number of carbonyl (C=O) groups is 3. The molecule has 1 atom stereocenters. The molecule has 0 radical (unpaired) electrons. The Morgan fingerprint density at radius 3 is 2.34 bits per heavy atom. The molecule has 2 aromatic carbocycles. The molecule has 0 saturated carbocycles. The van der Waals surface area contributed by atoms with Crippen LogP contribution in [0.15, 0.2) is 42.5 Å². The van der Waals surface area contributed by atoms with Gasteiger partial charge in [0.2, 0.25) is 5.91 Å². The van der Waals surface area contributed by atoms with E-state index in [-0.39, 0.29) is 18.2 Å². The Kier molecular flexibility index (Phi) is 7.70. The number of rotatable bonds is 8. The van der Waals surface area contributed by atoms with Crippen LogP contribution in [0.4, 0.5) is 5.69 Å². The number of nitrogens with zero attached hydrogens (tertiary/aromatic N) is 1. The van der Waals surface area contributed by atoms with Crippen molar-refractivity contribution in [2.75, 3.05) is 32.8 Å². The lowest BCUT2D eigenvalue weighted by Crippen LogP contribution is -2.35. The molecule has 0 spiro atoms. The number of ether oxygens (including phenoxy) is 3. The van der Waals surface area contributed by atoms with Gasteiger partial charge in [-0.05, 0) is 54.8 Å². The molecule has 2 amide bonds. The number of amides is 2. The molecule has 1 aliphatic heterocycles. The average molecular weight is 440 g/mol. The summed E-state index contributed by atoms with van der Waals surface area (Å²) in [6, 6.07) is 11.5. The molecule has 0 bridgehead atoms. The van der Waals surface area contributed by atoms with E-state index in [0.29, 0.717) is 35.6 Å². The molecule has 0 aromatic heterocycles. The van der Waals surface area contributed by atoms with E-state index in [1.165, 1.54) is 21.3 Å². The van der Waals surface area contributed by atoms with Gasteiger partial charge in [0.25, 0.3) is 5.91 Å². The predicted molar refractivity (Wildman–Crippen MR) is 119 cm³/mol. The molecular formula is C24H28N2O6. The number of nitrogens with one attached hydrogen (secondary N) is 1. The summed E-state index contributed by atoms with van der Waals surface area (Å²) in [6.07, 6.45) is 2.38. The fourth-order valence-corrected chi connectivity index (χ4v) is 3.68. The van der Waals surface area contributed by atoms with Gasteiger partial charge in [-0.1, -0.05) is 6.07 Å². The van der Waals surface area contributed by atoms with Gasteiger partial charge in [-0.3, -0.25) is 14.4 Å². The molecule has 3 rings (SSSR count). The first-order valence-corrected chi connectivity index (χ1v) is 10.5. The number of anilines is 1. The molecule has 170 valence electrons. The molecule has 1 aliphatic rings. The maximum atomic E-state index is 12.9. The van der Waals surface area contributed by atoms with Gasteiger partial charge in [0.05, 0.1) is 33.8 Å². The van der Waals surface area contributed by atoms with Crippen molar-refractivity contribution in [3.63, 3.8) is 0 Å². The van der Waals surface area contributed by atoms with Crippen LogP contribution in [0, 0.1) is 0 Å². The maximum Gasteiger partial charge on any atom is 0.307 e. The standard InChI is InChI=1S/C24H28N2O6/c1-30-20-12-9-17(14-21(20)31-2)19(15-23(28)32-3)25-24(29)16-7-10-18(11-8-16)26-13-5-4-6-22(26)27/h7-12,14,19H,4-6,13,15H2,1-3H3,(H,25,29). The highest BCUT2D eigenvalue weighted by Gasteiger charge is 2.23. The monoisotopic (exact) mass is 440 g/mol. The summed E-state index contributed by atoms with van der Waals surface area (Å²) in [7, 11) is 4.35. The summed E-state index contributed by atoms with van der Waals surface area (Å²) in [5.41, 5.74) is 1.88. The van der Waals surface area contributed by atoms with Gasteiger partial charge in [-0.25, -0.2) is 0 Å². The molecule has 1 N–H and O–H groups in total. The molecule has 1 saturated heterocycles. The van der Waals surface area contributed by atoms with E-state index in [0.717, 1.165) is 18.5 Å². The number of benzene rings is 2. The maximum absolute atomic E-state index is 12.9. The first-order chi connectivity index (χ1) is 15.5. The minimum absolute atomic E-state index is 0.0436. The number of hydrogen-bond donors (Lipinski definition) is 1. The van der Waals surface area contributed by atoms with Crippen LogP contribution in [0.1, 0.15) is 47.6 Å². The zero-order valence-corrected chi connectivity index (χ0v) is 18.6. The SMILES string of the molecule is COC(=O)CC(NC(=O)c1ccc(N2CCCCC2=O)cc1)c1ccc(OC)c(OC)c1. The summed E-state index contributed by atoms with van der Waals surface area (Å²) in [5.74, 6) is 0.334. The summed E-state index contributed by atoms with van der Waals surface area (Å²) in [5, 5.41) is 2.89. The van der Waals surface area contributed by atoms with Gasteiger partial charge in [-0.2, -0.15) is 0 Å². The molecule has 1 heterocycles. The van der Waals surface area contributed by atoms with E-state index >= 15 is 0 Å². The third-order valence-corrected chi connectivity index (χ3v) is 5.48. The second kappa shape index (κ2) is 10.7. The Labute approximate surface area is 187 Å². The quantitative estimate of drug-likeness (QED) is 0.634. The minimum atomic E-state index is -0.627. The lowest BCUT2D eigenvalue weighted by molar-refractivity contribution is -0.141. The molecule has 32 heavy (non-hydrogen) atoms.